The zero-order valence-electron chi connectivity index (χ0n) is 16.2. The molecule has 1 aliphatic heterocycles. The zero-order chi connectivity index (χ0) is 20.2. The first-order chi connectivity index (χ1) is 14.1. The molecule has 146 valence electrons. The van der Waals surface area contributed by atoms with Crippen LogP contribution in [0.3, 0.4) is 0 Å². The molecule has 0 bridgehead atoms. The van der Waals surface area contributed by atoms with Crippen molar-refractivity contribution in [3.8, 4) is 16.9 Å². The van der Waals surface area contributed by atoms with E-state index in [9.17, 15) is 9.82 Å². The maximum atomic E-state index is 12.5. The summed E-state index contributed by atoms with van der Waals surface area (Å²) < 4.78 is 10.6. The Balaban J connectivity index is 1.42. The molecule has 2 N–H and O–H groups in total. The minimum Gasteiger partial charge on any atom is -0.497 e. The lowest BCUT2D eigenvalue weighted by Crippen LogP contribution is -2.28. The predicted octanol–water partition coefficient (Wildman–Crippen LogP) is 3.15. The number of rotatable bonds is 6. The summed E-state index contributed by atoms with van der Waals surface area (Å²) in [6.45, 7) is 0.386. The van der Waals surface area contributed by atoms with Crippen molar-refractivity contribution in [2.24, 2.45) is 0 Å². The van der Waals surface area contributed by atoms with Gasteiger partial charge in [0.15, 0.2) is 0 Å². The Morgan fingerprint density at radius 2 is 1.86 bits per heavy atom. The lowest BCUT2D eigenvalue weighted by atomic mass is 9.78. The van der Waals surface area contributed by atoms with Gasteiger partial charge in [0, 0.05) is 12.1 Å². The molecule has 0 aliphatic carbocycles. The Kier molecular flexibility index (Phi) is 5.65. The van der Waals surface area contributed by atoms with E-state index in [1.165, 1.54) is 0 Å². The number of amides is 1. The van der Waals surface area contributed by atoms with Crippen LogP contribution in [0.25, 0.3) is 11.1 Å². The highest BCUT2D eigenvalue weighted by Gasteiger charge is 2.28. The quantitative estimate of drug-likeness (QED) is 0.638. The van der Waals surface area contributed by atoms with Crippen molar-refractivity contribution in [2.75, 3.05) is 12.4 Å². The summed E-state index contributed by atoms with van der Waals surface area (Å²) in [6, 6.07) is 21.3. The summed E-state index contributed by atoms with van der Waals surface area (Å²) in [4.78, 5) is 12.5. The number of carbonyl (C=O) groups is 1. The summed E-state index contributed by atoms with van der Waals surface area (Å²) in [7, 11) is 0.781. The lowest BCUT2D eigenvalue weighted by Gasteiger charge is -2.10. The molecule has 29 heavy (non-hydrogen) atoms. The number of hydrogen-bond acceptors (Lipinski definition) is 4. The average molecular weight is 387 g/mol. The van der Waals surface area contributed by atoms with E-state index in [1.54, 1.807) is 7.11 Å². The highest BCUT2D eigenvalue weighted by molar-refractivity contribution is 6.61. The molecule has 1 aliphatic rings. The Labute approximate surface area is 170 Å². The van der Waals surface area contributed by atoms with E-state index in [0.29, 0.717) is 19.4 Å². The van der Waals surface area contributed by atoms with Crippen LogP contribution in [0.1, 0.15) is 17.5 Å². The fourth-order valence-corrected chi connectivity index (χ4v) is 3.60. The number of anilines is 1. The first-order valence-electron chi connectivity index (χ1n) is 9.59. The van der Waals surface area contributed by atoms with E-state index in [1.807, 2.05) is 66.7 Å². The van der Waals surface area contributed by atoms with Crippen molar-refractivity contribution in [3.63, 3.8) is 0 Å². The second-order valence-corrected chi connectivity index (χ2v) is 7.01. The van der Waals surface area contributed by atoms with Gasteiger partial charge in [-0.2, -0.15) is 0 Å². The number of ether oxygens (including phenoxy) is 1. The van der Waals surface area contributed by atoms with E-state index in [-0.39, 0.29) is 5.91 Å². The van der Waals surface area contributed by atoms with Gasteiger partial charge in [0.05, 0.1) is 13.7 Å². The first-order valence-corrected chi connectivity index (χ1v) is 9.59. The number of benzene rings is 3. The van der Waals surface area contributed by atoms with Gasteiger partial charge in [-0.1, -0.05) is 42.5 Å². The summed E-state index contributed by atoms with van der Waals surface area (Å²) in [5.41, 5.74) is 5.63. The molecule has 6 heteroatoms. The molecule has 0 radical (unpaired) electrons. The number of nitrogens with one attached hydrogen (secondary N) is 1. The zero-order valence-corrected chi connectivity index (χ0v) is 16.2. The Bertz CT molecular complexity index is 1040. The highest BCUT2D eigenvalue weighted by atomic mass is 16.5. The molecular weight excluding hydrogens is 365 g/mol. The van der Waals surface area contributed by atoms with Crippen LogP contribution in [0.5, 0.6) is 5.75 Å². The molecule has 0 saturated heterocycles. The second-order valence-electron chi connectivity index (χ2n) is 7.01. The maximum Gasteiger partial charge on any atom is 0.491 e. The molecule has 1 heterocycles. The molecular formula is C23H22BNO4. The van der Waals surface area contributed by atoms with E-state index < -0.39 is 7.12 Å². The van der Waals surface area contributed by atoms with Gasteiger partial charge in [-0.25, -0.2) is 0 Å². The van der Waals surface area contributed by atoms with Gasteiger partial charge < -0.3 is 19.7 Å². The smallest absolute Gasteiger partial charge is 0.491 e. The van der Waals surface area contributed by atoms with Crippen molar-refractivity contribution >= 4 is 24.2 Å². The van der Waals surface area contributed by atoms with Crippen LogP contribution in [0, 0.1) is 0 Å². The molecule has 0 atom stereocenters. The highest BCUT2D eigenvalue weighted by Crippen LogP contribution is 2.26. The van der Waals surface area contributed by atoms with Gasteiger partial charge in [0.2, 0.25) is 5.91 Å². The van der Waals surface area contributed by atoms with Crippen molar-refractivity contribution in [1.82, 2.24) is 0 Å². The number of methoxy groups -OCH3 is 1. The van der Waals surface area contributed by atoms with E-state index >= 15 is 0 Å². The largest absolute Gasteiger partial charge is 0.497 e. The van der Waals surface area contributed by atoms with Crippen molar-refractivity contribution < 1.29 is 19.2 Å². The van der Waals surface area contributed by atoms with Crippen molar-refractivity contribution in [3.05, 3.63) is 77.9 Å². The molecule has 0 saturated carbocycles. The SMILES string of the molecule is COc1cccc(-c2cccc(NC(=O)CCc3cccc4c3COB4O)c2)c1. The molecule has 0 aromatic heterocycles. The number of carbonyl (C=O) groups excluding carboxylic acids is 1. The number of aryl methyl sites for hydroxylation is 1. The van der Waals surface area contributed by atoms with E-state index in [2.05, 4.69) is 5.32 Å². The Hall–Kier alpha value is -3.09. The van der Waals surface area contributed by atoms with Gasteiger partial charge in [-0.3, -0.25) is 4.79 Å². The number of hydrogen-bond donors (Lipinski definition) is 2. The second kappa shape index (κ2) is 8.51. The summed E-state index contributed by atoms with van der Waals surface area (Å²) in [5, 5.41) is 12.8. The predicted molar refractivity (Wildman–Crippen MR) is 114 cm³/mol. The Morgan fingerprint density at radius 3 is 2.69 bits per heavy atom. The monoisotopic (exact) mass is 387 g/mol. The minimum absolute atomic E-state index is 0.0511. The molecule has 3 aromatic carbocycles. The maximum absolute atomic E-state index is 12.5. The summed E-state index contributed by atoms with van der Waals surface area (Å²) >= 11 is 0. The first kappa shape index (κ1) is 19.2. The topological polar surface area (TPSA) is 67.8 Å². The molecule has 3 aromatic rings. The van der Waals surface area contributed by atoms with Gasteiger partial charge in [0.25, 0.3) is 0 Å². The minimum atomic E-state index is -0.863. The third-order valence-corrected chi connectivity index (χ3v) is 5.13. The van der Waals surface area contributed by atoms with Crippen molar-refractivity contribution in [2.45, 2.75) is 19.4 Å². The Morgan fingerprint density at radius 1 is 1.10 bits per heavy atom. The van der Waals surface area contributed by atoms with Crippen molar-refractivity contribution in [1.29, 1.82) is 0 Å². The van der Waals surface area contributed by atoms with E-state index in [0.717, 1.165) is 39.2 Å². The molecule has 4 rings (SSSR count). The van der Waals surface area contributed by atoms with Crippen LogP contribution in [0.4, 0.5) is 5.69 Å². The normalized spacial score (nSPS) is 12.6. The molecule has 0 spiro atoms. The van der Waals surface area contributed by atoms with Gasteiger partial charge in [-0.05, 0) is 58.4 Å². The molecule has 0 fully saturated rings. The fourth-order valence-electron chi connectivity index (χ4n) is 3.60. The third kappa shape index (κ3) is 4.34. The van der Waals surface area contributed by atoms with Gasteiger partial charge in [0.1, 0.15) is 5.75 Å². The number of fused-ring (bicyclic) bond motifs is 1. The fraction of sp³-hybridized carbons (Fsp3) is 0.174. The molecule has 5 nitrogen and oxygen atoms in total. The third-order valence-electron chi connectivity index (χ3n) is 5.13. The van der Waals surface area contributed by atoms with Gasteiger partial charge >= 0.3 is 7.12 Å². The average Bonchev–Trinajstić information content (AvgIpc) is 3.14. The molecule has 0 unspecified atom stereocenters. The van der Waals surface area contributed by atoms with Crippen LogP contribution >= 0.6 is 0 Å². The standard InChI is InChI=1S/C23H22BNO4/c1-28-20-9-3-7-18(14-20)17-6-2-8-19(13-17)25-23(26)12-11-16-5-4-10-22-21(16)15-29-24(22)27/h2-10,13-14,27H,11-12,15H2,1H3,(H,25,26). The summed E-state index contributed by atoms with van der Waals surface area (Å²) in [5.74, 6) is 0.742. The lowest BCUT2D eigenvalue weighted by molar-refractivity contribution is -0.116. The van der Waals surface area contributed by atoms with Crippen LogP contribution in [-0.4, -0.2) is 25.2 Å². The van der Waals surface area contributed by atoms with Crippen LogP contribution < -0.4 is 15.5 Å². The molecule has 1 amide bonds. The van der Waals surface area contributed by atoms with E-state index in [4.69, 9.17) is 9.39 Å². The van der Waals surface area contributed by atoms with Crippen LogP contribution in [-0.2, 0) is 22.5 Å². The van der Waals surface area contributed by atoms with Crippen LogP contribution in [0.2, 0.25) is 0 Å². The van der Waals surface area contributed by atoms with Crippen LogP contribution in [0.15, 0.2) is 66.7 Å². The van der Waals surface area contributed by atoms with Gasteiger partial charge in [-0.15, -0.1) is 0 Å². The summed E-state index contributed by atoms with van der Waals surface area (Å²) in [6.07, 6.45) is 0.955.